The molecule has 1 unspecified atom stereocenters. The van der Waals surface area contributed by atoms with Crippen LogP contribution in [-0.4, -0.2) is 12.6 Å². The third-order valence-electron chi connectivity index (χ3n) is 2.98. The molecular weight excluding hydrogens is 231 g/mol. The first-order valence-corrected chi connectivity index (χ1v) is 6.44. The zero-order valence-electron chi connectivity index (χ0n) is 11.5. The summed E-state index contributed by atoms with van der Waals surface area (Å²) in [6, 6.07) is 3.38. The van der Waals surface area contributed by atoms with Gasteiger partial charge in [-0.15, -0.1) is 0 Å². The molecule has 1 aromatic carbocycles. The number of rotatable bonds is 5. The Bertz CT molecular complexity index is 403. The molecule has 3 heteroatoms. The fourth-order valence-corrected chi connectivity index (χ4v) is 2.28. The molecule has 18 heavy (non-hydrogen) atoms. The van der Waals surface area contributed by atoms with Crippen molar-refractivity contribution in [3.8, 4) is 0 Å². The van der Waals surface area contributed by atoms with Gasteiger partial charge in [0, 0.05) is 5.56 Å². The van der Waals surface area contributed by atoms with Crippen LogP contribution in [0.3, 0.4) is 0 Å². The lowest BCUT2D eigenvalue weighted by molar-refractivity contribution is -0.145. The maximum Gasteiger partial charge on any atom is 0.313 e. The second kappa shape index (κ2) is 6.53. The van der Waals surface area contributed by atoms with Crippen LogP contribution in [0.4, 0.5) is 4.39 Å². The zero-order chi connectivity index (χ0) is 13.7. The van der Waals surface area contributed by atoms with Crippen molar-refractivity contribution in [2.45, 2.75) is 46.5 Å². The molecule has 0 aliphatic carbocycles. The van der Waals surface area contributed by atoms with Crippen molar-refractivity contribution in [3.63, 3.8) is 0 Å². The van der Waals surface area contributed by atoms with E-state index >= 15 is 0 Å². The minimum Gasteiger partial charge on any atom is -0.466 e. The van der Waals surface area contributed by atoms with Crippen LogP contribution in [0.1, 0.15) is 49.3 Å². The Morgan fingerprint density at radius 3 is 2.50 bits per heavy atom. The smallest absolute Gasteiger partial charge is 0.313 e. The molecule has 0 radical (unpaired) electrons. The second-order valence-electron chi connectivity index (χ2n) is 4.57. The fourth-order valence-electron chi connectivity index (χ4n) is 2.28. The molecule has 0 aliphatic heterocycles. The largest absolute Gasteiger partial charge is 0.466 e. The molecule has 0 saturated heterocycles. The van der Waals surface area contributed by atoms with Crippen molar-refractivity contribution >= 4 is 5.97 Å². The molecule has 2 nitrogen and oxygen atoms in total. The number of aryl methyl sites for hydroxylation is 2. The number of ether oxygens (including phenoxy) is 1. The highest BCUT2D eigenvalue weighted by Gasteiger charge is 2.25. The van der Waals surface area contributed by atoms with Crippen LogP contribution in [0.25, 0.3) is 0 Å². The van der Waals surface area contributed by atoms with Crippen LogP contribution in [0, 0.1) is 19.7 Å². The summed E-state index contributed by atoms with van der Waals surface area (Å²) < 4.78 is 19.1. The maximum absolute atomic E-state index is 14.1. The minimum atomic E-state index is -0.490. The Morgan fingerprint density at radius 2 is 2.00 bits per heavy atom. The average Bonchev–Trinajstić information content (AvgIpc) is 2.26. The molecule has 0 N–H and O–H groups in total. The molecule has 0 aliphatic rings. The zero-order valence-corrected chi connectivity index (χ0v) is 11.5. The van der Waals surface area contributed by atoms with Gasteiger partial charge in [0.15, 0.2) is 0 Å². The molecule has 0 amide bonds. The lowest BCUT2D eigenvalue weighted by Crippen LogP contribution is -2.18. The van der Waals surface area contributed by atoms with Crippen LogP contribution >= 0.6 is 0 Å². The first-order valence-electron chi connectivity index (χ1n) is 6.44. The maximum atomic E-state index is 14.1. The van der Waals surface area contributed by atoms with Crippen LogP contribution < -0.4 is 0 Å². The number of carbonyl (C=O) groups excluding carboxylic acids is 1. The summed E-state index contributed by atoms with van der Waals surface area (Å²) in [4.78, 5) is 11.9. The van der Waals surface area contributed by atoms with Crippen LogP contribution in [0.15, 0.2) is 12.1 Å². The summed E-state index contributed by atoms with van der Waals surface area (Å²) in [7, 11) is 0. The standard InChI is InChI=1S/C15H21FO2/c1-5-7-12(15(17)18-6-2)14-11(4)8-10(3)9-13(14)16/h8-9,12H,5-7H2,1-4H3. The molecule has 0 heterocycles. The second-order valence-corrected chi connectivity index (χ2v) is 4.57. The van der Waals surface area contributed by atoms with Crippen molar-refractivity contribution < 1.29 is 13.9 Å². The third-order valence-corrected chi connectivity index (χ3v) is 2.98. The van der Waals surface area contributed by atoms with Gasteiger partial charge in [-0.3, -0.25) is 4.79 Å². The molecule has 1 atom stereocenters. The number of benzene rings is 1. The highest BCUT2D eigenvalue weighted by Crippen LogP contribution is 2.29. The van der Waals surface area contributed by atoms with Gasteiger partial charge in [-0.2, -0.15) is 0 Å². The molecule has 100 valence electrons. The van der Waals surface area contributed by atoms with Crippen molar-refractivity contribution in [1.82, 2.24) is 0 Å². The van der Waals surface area contributed by atoms with E-state index < -0.39 is 5.92 Å². The average molecular weight is 252 g/mol. The van der Waals surface area contributed by atoms with Gasteiger partial charge in [0.25, 0.3) is 0 Å². The lowest BCUT2D eigenvalue weighted by Gasteiger charge is -2.18. The van der Waals surface area contributed by atoms with Crippen molar-refractivity contribution in [2.75, 3.05) is 6.61 Å². The minimum absolute atomic E-state index is 0.306. The molecular formula is C15H21FO2. The van der Waals surface area contributed by atoms with Gasteiger partial charge < -0.3 is 4.74 Å². The summed E-state index contributed by atoms with van der Waals surface area (Å²) >= 11 is 0. The predicted octanol–water partition coefficient (Wildman–Crippen LogP) is 3.89. The van der Waals surface area contributed by atoms with Crippen molar-refractivity contribution in [3.05, 3.63) is 34.6 Å². The quantitative estimate of drug-likeness (QED) is 0.743. The fraction of sp³-hybridized carbons (Fsp3) is 0.533. The Hall–Kier alpha value is -1.38. The van der Waals surface area contributed by atoms with Gasteiger partial charge in [0.05, 0.1) is 12.5 Å². The molecule has 1 rings (SSSR count). The Labute approximate surface area is 108 Å². The SMILES string of the molecule is CCCC(C(=O)OCC)c1c(C)cc(C)cc1F. The monoisotopic (exact) mass is 252 g/mol. The van der Waals surface area contributed by atoms with E-state index in [2.05, 4.69) is 0 Å². The highest BCUT2D eigenvalue weighted by atomic mass is 19.1. The first-order chi connectivity index (χ1) is 8.51. The van der Waals surface area contributed by atoms with Crippen LogP contribution in [-0.2, 0) is 9.53 Å². The number of hydrogen-bond donors (Lipinski definition) is 0. The van der Waals surface area contributed by atoms with E-state index in [0.29, 0.717) is 18.6 Å². The number of hydrogen-bond acceptors (Lipinski definition) is 2. The van der Waals surface area contributed by atoms with Crippen LogP contribution in [0.5, 0.6) is 0 Å². The van der Waals surface area contributed by atoms with Crippen molar-refractivity contribution in [2.24, 2.45) is 0 Å². The van der Waals surface area contributed by atoms with Gasteiger partial charge in [-0.05, 0) is 44.4 Å². The van der Waals surface area contributed by atoms with Crippen molar-refractivity contribution in [1.29, 1.82) is 0 Å². The number of halogens is 1. The summed E-state index contributed by atoms with van der Waals surface area (Å²) in [5.74, 6) is -1.13. The molecule has 0 aromatic heterocycles. The number of esters is 1. The van der Waals surface area contributed by atoms with E-state index in [4.69, 9.17) is 4.74 Å². The van der Waals surface area contributed by atoms with Gasteiger partial charge in [-0.25, -0.2) is 4.39 Å². The van der Waals surface area contributed by atoms with E-state index in [1.54, 1.807) is 6.92 Å². The molecule has 0 spiro atoms. The summed E-state index contributed by atoms with van der Waals surface area (Å²) in [6.07, 6.45) is 1.43. The topological polar surface area (TPSA) is 26.3 Å². The normalized spacial score (nSPS) is 12.3. The van der Waals surface area contributed by atoms with Gasteiger partial charge in [-0.1, -0.05) is 19.4 Å². The molecule has 0 saturated carbocycles. The van der Waals surface area contributed by atoms with E-state index in [1.165, 1.54) is 6.07 Å². The first kappa shape index (κ1) is 14.7. The molecule has 0 fully saturated rings. The van der Waals surface area contributed by atoms with E-state index in [1.807, 2.05) is 26.8 Å². The Kier molecular flexibility index (Phi) is 5.32. The van der Waals surface area contributed by atoms with Gasteiger partial charge in [0.2, 0.25) is 0 Å². The van der Waals surface area contributed by atoms with Gasteiger partial charge in [0.1, 0.15) is 5.82 Å². The summed E-state index contributed by atoms with van der Waals surface area (Å²) in [5.41, 5.74) is 2.17. The predicted molar refractivity (Wildman–Crippen MR) is 70.2 cm³/mol. The number of carbonyl (C=O) groups is 1. The summed E-state index contributed by atoms with van der Waals surface area (Å²) in [5, 5.41) is 0. The van der Waals surface area contributed by atoms with E-state index in [0.717, 1.165) is 17.5 Å². The molecule has 0 bridgehead atoms. The summed E-state index contributed by atoms with van der Waals surface area (Å²) in [6.45, 7) is 7.75. The Balaban J connectivity index is 3.17. The molecule has 1 aromatic rings. The highest BCUT2D eigenvalue weighted by molar-refractivity contribution is 5.78. The van der Waals surface area contributed by atoms with Gasteiger partial charge >= 0.3 is 5.97 Å². The lowest BCUT2D eigenvalue weighted by atomic mass is 9.89. The Morgan fingerprint density at radius 1 is 1.33 bits per heavy atom. The van der Waals surface area contributed by atoms with E-state index in [-0.39, 0.29) is 11.8 Å². The van der Waals surface area contributed by atoms with E-state index in [9.17, 15) is 9.18 Å². The van der Waals surface area contributed by atoms with Crippen LogP contribution in [0.2, 0.25) is 0 Å². The third kappa shape index (κ3) is 3.31.